The van der Waals surface area contributed by atoms with Crippen molar-refractivity contribution in [3.05, 3.63) is 55.6 Å². The zero-order chi connectivity index (χ0) is 17.7. The highest BCUT2D eigenvalue weighted by atomic mass is 28.4. The number of carbonyl (C=O) groups is 2. The Morgan fingerprint density at radius 1 is 1.04 bits per heavy atom. The third-order valence-electron chi connectivity index (χ3n) is 4.27. The van der Waals surface area contributed by atoms with E-state index >= 15 is 0 Å². The van der Waals surface area contributed by atoms with Crippen LogP contribution in [-0.4, -0.2) is 20.5 Å². The fraction of sp³-hybridized carbons (Fsp3) is 0.333. The van der Waals surface area contributed by atoms with Gasteiger partial charge in [0.2, 0.25) is 0 Å². The highest BCUT2D eigenvalue weighted by Crippen LogP contribution is 2.45. The average molecular weight is 332 g/mol. The molecule has 0 spiro atoms. The van der Waals surface area contributed by atoms with E-state index in [0.717, 1.165) is 12.2 Å². The molecular weight excluding hydrogens is 308 g/mol. The van der Waals surface area contributed by atoms with E-state index < -0.39 is 25.5 Å². The van der Waals surface area contributed by atoms with Crippen LogP contribution in [-0.2, 0) is 18.4 Å². The lowest BCUT2D eigenvalue weighted by molar-refractivity contribution is -0.136. The molecule has 23 heavy (non-hydrogen) atoms. The van der Waals surface area contributed by atoms with Crippen molar-refractivity contribution in [1.29, 1.82) is 0 Å². The first kappa shape index (κ1) is 18.9. The van der Waals surface area contributed by atoms with Crippen LogP contribution in [0.5, 0.6) is 0 Å². The number of hydrogen-bond acceptors (Lipinski definition) is 4. The third kappa shape index (κ3) is 3.79. The van der Waals surface area contributed by atoms with E-state index in [1.165, 1.54) is 0 Å². The Labute approximate surface area is 139 Å². The first-order valence-electron chi connectivity index (χ1n) is 7.47. The average Bonchev–Trinajstić information content (AvgIpc) is 2.54. The molecule has 0 aliphatic carbocycles. The molecule has 0 N–H and O–H groups in total. The molecule has 1 rings (SSSR count). The van der Waals surface area contributed by atoms with Gasteiger partial charge in [-0.15, -0.1) is 0 Å². The summed E-state index contributed by atoms with van der Waals surface area (Å²) in [6.45, 7) is 14.8. The normalized spacial score (nSPS) is 11.7. The van der Waals surface area contributed by atoms with Crippen molar-refractivity contribution < 1.29 is 18.4 Å². The minimum absolute atomic E-state index is 0.101. The Bertz CT molecular complexity index is 568. The molecule has 0 heterocycles. The standard InChI is InChI=1S/C18H24O4Si/c1-7-16(19)21-23(22-17(20)8-2,18(5,6)14(3)4)15-12-10-9-11-13-15/h7-14H,1-2H2,3-6H3. The van der Waals surface area contributed by atoms with Crippen LogP contribution < -0.4 is 5.19 Å². The molecule has 0 aliphatic heterocycles. The molecule has 124 valence electrons. The minimum atomic E-state index is -3.47. The van der Waals surface area contributed by atoms with E-state index in [-0.39, 0.29) is 5.92 Å². The van der Waals surface area contributed by atoms with E-state index in [0.29, 0.717) is 5.19 Å². The monoisotopic (exact) mass is 332 g/mol. The summed E-state index contributed by atoms with van der Waals surface area (Å²) in [5.74, 6) is -1.11. The summed E-state index contributed by atoms with van der Waals surface area (Å²) < 4.78 is 11.5. The summed E-state index contributed by atoms with van der Waals surface area (Å²) in [6.07, 6.45) is 2.17. The van der Waals surface area contributed by atoms with Gasteiger partial charge >= 0.3 is 20.5 Å². The fourth-order valence-electron chi connectivity index (χ4n) is 2.18. The molecule has 0 unspecified atom stereocenters. The van der Waals surface area contributed by atoms with Gasteiger partial charge in [0, 0.05) is 22.4 Å². The molecule has 0 aromatic heterocycles. The van der Waals surface area contributed by atoms with Gasteiger partial charge in [-0.2, -0.15) is 0 Å². The van der Waals surface area contributed by atoms with Crippen LogP contribution in [0.2, 0.25) is 5.04 Å². The van der Waals surface area contributed by atoms with Gasteiger partial charge in [-0.3, -0.25) is 0 Å². The van der Waals surface area contributed by atoms with Crippen LogP contribution in [0.4, 0.5) is 0 Å². The predicted molar refractivity (Wildman–Crippen MR) is 93.3 cm³/mol. The molecule has 0 bridgehead atoms. The molecule has 1 aromatic rings. The highest BCUT2D eigenvalue weighted by molar-refractivity contribution is 6.86. The zero-order valence-corrected chi connectivity index (χ0v) is 15.2. The molecule has 1 aromatic carbocycles. The Kier molecular flexibility index (Phi) is 6.10. The third-order valence-corrected chi connectivity index (χ3v) is 8.61. The molecule has 0 saturated heterocycles. The van der Waals surface area contributed by atoms with Gasteiger partial charge in [0.05, 0.1) is 0 Å². The Balaban J connectivity index is 3.63. The molecule has 0 aliphatic rings. The summed E-state index contributed by atoms with van der Waals surface area (Å²) in [6, 6.07) is 9.16. The van der Waals surface area contributed by atoms with Crippen LogP contribution in [0, 0.1) is 5.92 Å². The lowest BCUT2D eigenvalue weighted by Gasteiger charge is -2.43. The number of carbonyl (C=O) groups excluding carboxylic acids is 2. The molecular formula is C18H24O4Si. The smallest absolute Gasteiger partial charge is 0.478 e. The molecule has 0 saturated carbocycles. The maximum absolute atomic E-state index is 12.0. The summed E-state index contributed by atoms with van der Waals surface area (Å²) in [5, 5.41) is 0.148. The van der Waals surface area contributed by atoms with Gasteiger partial charge in [-0.1, -0.05) is 71.2 Å². The number of benzene rings is 1. The van der Waals surface area contributed by atoms with E-state index in [1.54, 1.807) is 0 Å². The first-order chi connectivity index (χ1) is 10.7. The van der Waals surface area contributed by atoms with Crippen molar-refractivity contribution in [2.75, 3.05) is 0 Å². The maximum atomic E-state index is 12.0. The fourth-order valence-corrected chi connectivity index (χ4v) is 5.85. The molecule has 0 amide bonds. The molecule has 0 radical (unpaired) electrons. The van der Waals surface area contributed by atoms with Gasteiger partial charge in [0.15, 0.2) is 0 Å². The van der Waals surface area contributed by atoms with E-state index in [1.807, 2.05) is 58.0 Å². The molecule has 0 fully saturated rings. The largest absolute Gasteiger partial charge is 0.506 e. The highest BCUT2D eigenvalue weighted by Gasteiger charge is 2.60. The topological polar surface area (TPSA) is 52.6 Å². The van der Waals surface area contributed by atoms with E-state index in [2.05, 4.69) is 13.2 Å². The van der Waals surface area contributed by atoms with Crippen molar-refractivity contribution in [2.45, 2.75) is 32.7 Å². The number of hydrogen-bond donors (Lipinski definition) is 0. The van der Waals surface area contributed by atoms with Crippen LogP contribution in [0.25, 0.3) is 0 Å². The SMILES string of the molecule is C=CC(=O)O[Si](OC(=O)C=C)(c1ccccc1)C(C)(C)C(C)C. The lowest BCUT2D eigenvalue weighted by Crippen LogP contribution is -2.64. The van der Waals surface area contributed by atoms with Gasteiger partial charge in [0.25, 0.3) is 0 Å². The van der Waals surface area contributed by atoms with Crippen LogP contribution in [0.3, 0.4) is 0 Å². The van der Waals surface area contributed by atoms with Crippen molar-refractivity contribution in [2.24, 2.45) is 5.92 Å². The number of rotatable bonds is 7. The zero-order valence-electron chi connectivity index (χ0n) is 14.2. The maximum Gasteiger partial charge on any atom is 0.506 e. The van der Waals surface area contributed by atoms with E-state index in [4.69, 9.17) is 8.85 Å². The van der Waals surface area contributed by atoms with Gasteiger partial charge < -0.3 is 8.85 Å². The molecule has 4 nitrogen and oxygen atoms in total. The summed E-state index contributed by atoms with van der Waals surface area (Å²) in [7, 11) is -3.47. The second-order valence-electron chi connectivity index (χ2n) is 6.11. The summed E-state index contributed by atoms with van der Waals surface area (Å²) in [5.41, 5.74) is 0. The molecule has 5 heteroatoms. The van der Waals surface area contributed by atoms with Crippen LogP contribution >= 0.6 is 0 Å². The predicted octanol–water partition coefficient (Wildman–Crippen LogP) is 3.23. The summed E-state index contributed by atoms with van der Waals surface area (Å²) in [4.78, 5) is 24.0. The first-order valence-corrected chi connectivity index (χ1v) is 9.29. The molecule has 0 atom stereocenters. The van der Waals surface area contributed by atoms with Crippen LogP contribution in [0.15, 0.2) is 55.6 Å². The van der Waals surface area contributed by atoms with Crippen molar-refractivity contribution in [1.82, 2.24) is 0 Å². The second kappa shape index (κ2) is 7.42. The second-order valence-corrected chi connectivity index (χ2v) is 9.62. The van der Waals surface area contributed by atoms with Crippen molar-refractivity contribution >= 4 is 25.7 Å². The van der Waals surface area contributed by atoms with Gasteiger partial charge in [-0.05, 0) is 5.92 Å². The van der Waals surface area contributed by atoms with Crippen molar-refractivity contribution in [3.63, 3.8) is 0 Å². The van der Waals surface area contributed by atoms with E-state index in [9.17, 15) is 9.59 Å². The van der Waals surface area contributed by atoms with Gasteiger partial charge in [0.1, 0.15) is 0 Å². The Hall–Kier alpha value is -2.14. The Morgan fingerprint density at radius 3 is 1.83 bits per heavy atom. The van der Waals surface area contributed by atoms with Crippen molar-refractivity contribution in [3.8, 4) is 0 Å². The van der Waals surface area contributed by atoms with Crippen LogP contribution in [0.1, 0.15) is 27.7 Å². The Morgan fingerprint density at radius 2 is 1.48 bits per heavy atom. The van der Waals surface area contributed by atoms with Gasteiger partial charge in [-0.25, -0.2) is 9.59 Å². The summed E-state index contributed by atoms with van der Waals surface area (Å²) >= 11 is 0. The minimum Gasteiger partial charge on any atom is -0.478 e. The quantitative estimate of drug-likeness (QED) is 0.568. The lowest BCUT2D eigenvalue weighted by atomic mass is 9.99.